The molecule has 0 saturated heterocycles. The average molecular weight is 288 g/mol. The number of para-hydroxylation sites is 1. The molecular weight excluding hydrogens is 260 g/mol. The number of rotatable bonds is 4. The van der Waals surface area contributed by atoms with Gasteiger partial charge in [0.15, 0.2) is 0 Å². The summed E-state index contributed by atoms with van der Waals surface area (Å²) in [4.78, 5) is 13.2. The molecule has 2 unspecified atom stereocenters. The van der Waals surface area contributed by atoms with Crippen LogP contribution in [0.5, 0.6) is 0 Å². The molecule has 3 nitrogen and oxygen atoms in total. The van der Waals surface area contributed by atoms with Gasteiger partial charge in [0.2, 0.25) is 5.91 Å². The Kier molecular flexibility index (Phi) is 5.66. The largest absolute Gasteiger partial charge is 0.382 e. The van der Waals surface area contributed by atoms with Gasteiger partial charge in [-0.1, -0.05) is 38.0 Å². The van der Waals surface area contributed by atoms with E-state index in [0.29, 0.717) is 12.6 Å². The summed E-state index contributed by atoms with van der Waals surface area (Å²) < 4.78 is 0. The van der Waals surface area contributed by atoms with Crippen LogP contribution >= 0.6 is 0 Å². The van der Waals surface area contributed by atoms with Gasteiger partial charge in [-0.05, 0) is 36.8 Å². The van der Waals surface area contributed by atoms with Gasteiger partial charge in [0.1, 0.15) is 0 Å². The highest BCUT2D eigenvalue weighted by Crippen LogP contribution is 2.26. The van der Waals surface area contributed by atoms with Crippen LogP contribution in [0, 0.1) is 5.92 Å². The first kappa shape index (κ1) is 15.9. The molecule has 1 saturated carbocycles. The van der Waals surface area contributed by atoms with E-state index in [1.54, 1.807) is 11.8 Å². The van der Waals surface area contributed by atoms with Crippen LogP contribution in [0.2, 0.25) is 0 Å². The molecule has 2 atom stereocenters. The number of hydrogen-bond donors (Lipinski definition) is 1. The van der Waals surface area contributed by atoms with Crippen molar-refractivity contribution in [3.05, 3.63) is 29.8 Å². The van der Waals surface area contributed by atoms with Gasteiger partial charge in [0, 0.05) is 32.2 Å². The van der Waals surface area contributed by atoms with Crippen molar-refractivity contribution in [2.24, 2.45) is 5.92 Å². The molecule has 1 aliphatic carbocycles. The molecule has 0 bridgehead atoms. The summed E-state index contributed by atoms with van der Waals surface area (Å²) in [5.74, 6) is 0.962. The van der Waals surface area contributed by atoms with Crippen LogP contribution in [0.1, 0.15) is 51.5 Å². The average Bonchev–Trinajstić information content (AvgIpc) is 2.66. The zero-order chi connectivity index (χ0) is 15.2. The monoisotopic (exact) mass is 288 g/mol. The van der Waals surface area contributed by atoms with Crippen LogP contribution in [0.3, 0.4) is 0 Å². The number of carbonyl (C=O) groups is 1. The Morgan fingerprint density at radius 3 is 2.76 bits per heavy atom. The smallest absolute Gasteiger partial charge is 0.219 e. The molecule has 1 fully saturated rings. The third-order valence-corrected chi connectivity index (χ3v) is 4.58. The first-order valence-electron chi connectivity index (χ1n) is 8.12. The lowest BCUT2D eigenvalue weighted by atomic mass is 10.0. The Labute approximate surface area is 128 Å². The summed E-state index contributed by atoms with van der Waals surface area (Å²) in [5.41, 5.74) is 2.39. The van der Waals surface area contributed by atoms with Gasteiger partial charge in [-0.2, -0.15) is 0 Å². The van der Waals surface area contributed by atoms with Crippen LogP contribution in [0.15, 0.2) is 24.3 Å². The molecule has 1 aromatic carbocycles. The summed E-state index contributed by atoms with van der Waals surface area (Å²) in [7, 11) is 1.85. The van der Waals surface area contributed by atoms with Gasteiger partial charge in [0.25, 0.3) is 0 Å². The van der Waals surface area contributed by atoms with Crippen molar-refractivity contribution < 1.29 is 4.79 Å². The lowest BCUT2D eigenvalue weighted by molar-refractivity contribution is -0.128. The lowest BCUT2D eigenvalue weighted by Crippen LogP contribution is -2.25. The van der Waals surface area contributed by atoms with Crippen LogP contribution in [0.25, 0.3) is 0 Å². The fourth-order valence-electron chi connectivity index (χ4n) is 3.02. The van der Waals surface area contributed by atoms with E-state index < -0.39 is 0 Å². The molecule has 2 rings (SSSR count). The van der Waals surface area contributed by atoms with E-state index in [9.17, 15) is 4.79 Å². The van der Waals surface area contributed by atoms with Gasteiger partial charge in [0.05, 0.1) is 0 Å². The van der Waals surface area contributed by atoms with Crippen LogP contribution in [0.4, 0.5) is 5.69 Å². The van der Waals surface area contributed by atoms with Crippen LogP contribution in [-0.2, 0) is 11.3 Å². The Balaban J connectivity index is 2.03. The molecule has 0 spiro atoms. The third kappa shape index (κ3) is 4.76. The number of hydrogen-bond acceptors (Lipinski definition) is 2. The van der Waals surface area contributed by atoms with Crippen LogP contribution in [-0.4, -0.2) is 23.9 Å². The minimum Gasteiger partial charge on any atom is -0.382 e. The van der Waals surface area contributed by atoms with E-state index >= 15 is 0 Å². The predicted molar refractivity (Wildman–Crippen MR) is 88.2 cm³/mol. The normalized spacial score (nSPS) is 22.4. The van der Waals surface area contributed by atoms with Gasteiger partial charge in [-0.25, -0.2) is 0 Å². The first-order chi connectivity index (χ1) is 10.1. The number of nitrogens with zero attached hydrogens (tertiary/aromatic N) is 1. The number of amides is 1. The second-order valence-corrected chi connectivity index (χ2v) is 6.49. The molecule has 21 heavy (non-hydrogen) atoms. The molecule has 3 heteroatoms. The SMILES string of the molecule is CC(=O)N(C)Cc1ccccc1NC1CCCC(C)CC1. The van der Waals surface area contributed by atoms with E-state index in [4.69, 9.17) is 0 Å². The highest BCUT2D eigenvalue weighted by molar-refractivity contribution is 5.73. The van der Waals surface area contributed by atoms with Crippen LogP contribution < -0.4 is 5.32 Å². The van der Waals surface area contributed by atoms with Crippen molar-refractivity contribution in [2.75, 3.05) is 12.4 Å². The summed E-state index contributed by atoms with van der Waals surface area (Å²) in [5, 5.41) is 3.72. The molecule has 1 aliphatic rings. The minimum atomic E-state index is 0.105. The minimum absolute atomic E-state index is 0.105. The Hall–Kier alpha value is -1.51. The molecule has 1 N–H and O–H groups in total. The standard InChI is InChI=1S/C18H28N2O/c1-14-7-6-9-17(12-11-14)19-18-10-5-4-8-16(18)13-20(3)15(2)21/h4-5,8,10,14,17,19H,6-7,9,11-13H2,1-3H3. The van der Waals surface area contributed by atoms with E-state index in [1.807, 2.05) is 13.1 Å². The van der Waals surface area contributed by atoms with Crippen molar-refractivity contribution in [3.8, 4) is 0 Å². The van der Waals surface area contributed by atoms with Gasteiger partial charge < -0.3 is 10.2 Å². The second kappa shape index (κ2) is 7.48. The maximum absolute atomic E-state index is 11.4. The summed E-state index contributed by atoms with van der Waals surface area (Å²) in [6.45, 7) is 4.64. The fraction of sp³-hybridized carbons (Fsp3) is 0.611. The van der Waals surface area contributed by atoms with Crippen molar-refractivity contribution >= 4 is 11.6 Å². The van der Waals surface area contributed by atoms with Crippen molar-refractivity contribution in [1.82, 2.24) is 4.90 Å². The molecule has 0 heterocycles. The van der Waals surface area contributed by atoms with Gasteiger partial charge in [-0.15, -0.1) is 0 Å². The van der Waals surface area contributed by atoms with Crippen molar-refractivity contribution in [2.45, 2.75) is 58.5 Å². The Bertz CT molecular complexity index is 472. The lowest BCUT2D eigenvalue weighted by Gasteiger charge is -2.22. The number of benzene rings is 1. The zero-order valence-corrected chi connectivity index (χ0v) is 13.6. The molecule has 0 aliphatic heterocycles. The van der Waals surface area contributed by atoms with E-state index in [0.717, 1.165) is 5.92 Å². The Morgan fingerprint density at radius 2 is 2.00 bits per heavy atom. The second-order valence-electron chi connectivity index (χ2n) is 6.49. The number of carbonyl (C=O) groups excluding carboxylic acids is 1. The fourth-order valence-corrected chi connectivity index (χ4v) is 3.02. The van der Waals surface area contributed by atoms with Crippen molar-refractivity contribution in [1.29, 1.82) is 0 Å². The maximum Gasteiger partial charge on any atom is 0.219 e. The molecule has 1 aromatic rings. The molecule has 1 amide bonds. The van der Waals surface area contributed by atoms with E-state index in [-0.39, 0.29) is 5.91 Å². The predicted octanol–water partition coefficient (Wildman–Crippen LogP) is 4.05. The zero-order valence-electron chi connectivity index (χ0n) is 13.6. The topological polar surface area (TPSA) is 32.3 Å². The Morgan fingerprint density at radius 1 is 1.24 bits per heavy atom. The number of nitrogens with one attached hydrogen (secondary N) is 1. The third-order valence-electron chi connectivity index (χ3n) is 4.58. The van der Waals surface area contributed by atoms with Crippen molar-refractivity contribution in [3.63, 3.8) is 0 Å². The van der Waals surface area contributed by atoms with E-state index in [2.05, 4.69) is 30.4 Å². The quantitative estimate of drug-likeness (QED) is 0.848. The summed E-state index contributed by atoms with van der Waals surface area (Å²) in [6, 6.07) is 8.93. The molecular formula is C18H28N2O. The van der Waals surface area contributed by atoms with E-state index in [1.165, 1.54) is 43.4 Å². The molecule has 116 valence electrons. The van der Waals surface area contributed by atoms with Gasteiger partial charge in [-0.3, -0.25) is 4.79 Å². The molecule has 0 aromatic heterocycles. The summed E-state index contributed by atoms with van der Waals surface area (Å²) >= 11 is 0. The summed E-state index contributed by atoms with van der Waals surface area (Å²) in [6.07, 6.45) is 6.48. The number of anilines is 1. The highest BCUT2D eigenvalue weighted by atomic mass is 16.2. The molecule has 0 radical (unpaired) electrons. The maximum atomic E-state index is 11.4. The first-order valence-corrected chi connectivity index (χ1v) is 8.12. The van der Waals surface area contributed by atoms with Gasteiger partial charge >= 0.3 is 0 Å². The highest BCUT2D eigenvalue weighted by Gasteiger charge is 2.17.